The van der Waals surface area contributed by atoms with Crippen molar-refractivity contribution < 1.29 is 38.5 Å². The molecule has 0 aromatic heterocycles. The molecule has 1 N–H and O–H groups in total. The van der Waals surface area contributed by atoms with Crippen molar-refractivity contribution in [3.63, 3.8) is 0 Å². The third-order valence-electron chi connectivity index (χ3n) is 3.67. The molecule has 0 saturated carbocycles. The van der Waals surface area contributed by atoms with Gasteiger partial charge in [0.1, 0.15) is 6.04 Å². The lowest BCUT2D eigenvalue weighted by Gasteiger charge is -2.18. The summed E-state index contributed by atoms with van der Waals surface area (Å²) in [5.41, 5.74) is 0.544. The molecule has 1 aliphatic rings. The summed E-state index contributed by atoms with van der Waals surface area (Å²) in [5.74, 6) is -1.87. The Hall–Kier alpha value is -3.01. The Bertz CT molecular complexity index is 835. The van der Waals surface area contributed by atoms with Gasteiger partial charge < -0.3 is 19.3 Å². The van der Waals surface area contributed by atoms with Crippen molar-refractivity contribution in [1.82, 2.24) is 4.90 Å². The number of amides is 2. The summed E-state index contributed by atoms with van der Waals surface area (Å²) >= 11 is 0.711. The number of aliphatic carboxylic acids is 1. The van der Waals surface area contributed by atoms with Crippen molar-refractivity contribution in [2.75, 3.05) is 20.3 Å². The molecule has 2 amide bonds. The molecule has 1 fully saturated rings. The fraction of sp³-hybridized carbons (Fsp3) is 0.333. The number of methoxy groups -OCH3 is 1. The Morgan fingerprint density at radius 1 is 1.25 bits per heavy atom. The Labute approximate surface area is 165 Å². The van der Waals surface area contributed by atoms with Crippen LogP contribution < -0.4 is 9.47 Å². The molecular formula is C18H19NO8S. The summed E-state index contributed by atoms with van der Waals surface area (Å²) in [5, 5.41) is 8.17. The maximum Gasteiger partial charge on any atom is 0.341 e. The standard InChI is InChI=1S/C18H19NO8S/c1-4-26-13-7-11(5-6-12(13)27-9-15(20)21)8-14-16(22)19(18(24)28-14)10(2)17(23)25-3/h5-8,10H,4,9H2,1-3H3,(H,20,21)/b14-8+/t10-/m1/s1. The first-order valence-electron chi connectivity index (χ1n) is 8.24. The van der Waals surface area contributed by atoms with E-state index >= 15 is 0 Å². The smallest absolute Gasteiger partial charge is 0.341 e. The molecule has 0 radical (unpaired) electrons. The average Bonchev–Trinajstić information content (AvgIpc) is 2.93. The van der Waals surface area contributed by atoms with Gasteiger partial charge in [0.25, 0.3) is 11.1 Å². The van der Waals surface area contributed by atoms with Gasteiger partial charge in [-0.15, -0.1) is 0 Å². The van der Waals surface area contributed by atoms with Crippen LogP contribution in [0, 0.1) is 0 Å². The van der Waals surface area contributed by atoms with Gasteiger partial charge >= 0.3 is 11.9 Å². The summed E-state index contributed by atoms with van der Waals surface area (Å²) in [6.45, 7) is 2.96. The molecule has 1 aromatic carbocycles. The molecule has 1 saturated heterocycles. The highest BCUT2D eigenvalue weighted by Crippen LogP contribution is 2.35. The summed E-state index contributed by atoms with van der Waals surface area (Å²) in [6, 6.07) is 3.64. The summed E-state index contributed by atoms with van der Waals surface area (Å²) in [4.78, 5) is 48.0. The van der Waals surface area contributed by atoms with E-state index in [-0.39, 0.29) is 10.7 Å². The second kappa shape index (κ2) is 9.27. The van der Waals surface area contributed by atoms with Crippen LogP contribution in [-0.2, 0) is 19.1 Å². The second-order valence-corrected chi connectivity index (χ2v) is 6.57. The number of carboxylic acid groups (broad SMARTS) is 1. The van der Waals surface area contributed by atoms with Crippen LogP contribution in [0.5, 0.6) is 11.5 Å². The molecule has 1 aliphatic heterocycles. The third kappa shape index (κ3) is 4.83. The number of carbonyl (C=O) groups excluding carboxylic acids is 3. The van der Waals surface area contributed by atoms with Gasteiger partial charge in [-0.1, -0.05) is 6.07 Å². The van der Waals surface area contributed by atoms with Gasteiger partial charge in [-0.05, 0) is 49.4 Å². The lowest BCUT2D eigenvalue weighted by Crippen LogP contribution is -2.42. The summed E-state index contributed by atoms with van der Waals surface area (Å²) in [6.07, 6.45) is 1.48. The van der Waals surface area contributed by atoms with Crippen molar-refractivity contribution in [2.24, 2.45) is 0 Å². The number of carbonyl (C=O) groups is 4. The molecule has 10 heteroatoms. The van der Waals surface area contributed by atoms with Crippen LogP contribution in [0.3, 0.4) is 0 Å². The van der Waals surface area contributed by atoms with E-state index in [1.54, 1.807) is 19.1 Å². The Morgan fingerprint density at radius 3 is 2.57 bits per heavy atom. The van der Waals surface area contributed by atoms with E-state index in [0.717, 1.165) is 4.90 Å². The number of thioether (sulfide) groups is 1. The zero-order valence-electron chi connectivity index (χ0n) is 15.5. The molecule has 28 heavy (non-hydrogen) atoms. The van der Waals surface area contributed by atoms with E-state index in [4.69, 9.17) is 14.6 Å². The number of rotatable bonds is 8. The zero-order valence-corrected chi connectivity index (χ0v) is 16.3. The highest BCUT2D eigenvalue weighted by atomic mass is 32.2. The SMILES string of the molecule is CCOc1cc(/C=C2/SC(=O)N([C@H](C)C(=O)OC)C2=O)ccc1OCC(=O)O. The van der Waals surface area contributed by atoms with Crippen LogP contribution in [0.2, 0.25) is 0 Å². The van der Waals surface area contributed by atoms with Crippen LogP contribution in [-0.4, -0.2) is 59.5 Å². The maximum absolute atomic E-state index is 12.5. The first-order chi connectivity index (χ1) is 13.3. The number of ether oxygens (including phenoxy) is 3. The third-order valence-corrected chi connectivity index (χ3v) is 4.55. The van der Waals surface area contributed by atoms with Crippen LogP contribution >= 0.6 is 11.8 Å². The van der Waals surface area contributed by atoms with E-state index in [1.807, 2.05) is 0 Å². The highest BCUT2D eigenvalue weighted by molar-refractivity contribution is 8.18. The minimum atomic E-state index is -1.13. The fourth-order valence-electron chi connectivity index (χ4n) is 2.38. The normalized spacial score (nSPS) is 16.2. The number of hydrogen-bond donors (Lipinski definition) is 1. The lowest BCUT2D eigenvalue weighted by molar-refractivity contribution is -0.148. The molecule has 150 valence electrons. The highest BCUT2D eigenvalue weighted by Gasteiger charge is 2.41. The minimum Gasteiger partial charge on any atom is -0.490 e. The van der Waals surface area contributed by atoms with E-state index in [1.165, 1.54) is 26.2 Å². The molecular weight excluding hydrogens is 390 g/mol. The zero-order chi connectivity index (χ0) is 20.8. The predicted molar refractivity (Wildman–Crippen MR) is 100 cm³/mol. The van der Waals surface area contributed by atoms with Crippen molar-refractivity contribution in [3.8, 4) is 11.5 Å². The van der Waals surface area contributed by atoms with Gasteiger partial charge in [0.05, 0.1) is 18.6 Å². The average molecular weight is 409 g/mol. The first kappa shape index (κ1) is 21.3. The van der Waals surface area contributed by atoms with Crippen LogP contribution in [0.1, 0.15) is 19.4 Å². The Balaban J connectivity index is 2.28. The monoisotopic (exact) mass is 409 g/mol. The lowest BCUT2D eigenvalue weighted by atomic mass is 10.1. The second-order valence-electron chi connectivity index (χ2n) is 5.57. The Morgan fingerprint density at radius 2 is 1.96 bits per heavy atom. The first-order valence-corrected chi connectivity index (χ1v) is 9.06. The van der Waals surface area contributed by atoms with E-state index in [2.05, 4.69) is 4.74 Å². The van der Waals surface area contributed by atoms with Crippen molar-refractivity contribution >= 4 is 40.9 Å². The van der Waals surface area contributed by atoms with Crippen LogP contribution in [0.25, 0.3) is 6.08 Å². The van der Waals surface area contributed by atoms with Gasteiger partial charge in [0.2, 0.25) is 0 Å². The molecule has 9 nitrogen and oxygen atoms in total. The van der Waals surface area contributed by atoms with E-state index in [9.17, 15) is 19.2 Å². The quantitative estimate of drug-likeness (QED) is 0.508. The van der Waals surface area contributed by atoms with Gasteiger partial charge in [0.15, 0.2) is 18.1 Å². The topological polar surface area (TPSA) is 119 Å². The number of esters is 1. The molecule has 0 unspecified atom stereocenters. The van der Waals surface area contributed by atoms with E-state index in [0.29, 0.717) is 29.7 Å². The van der Waals surface area contributed by atoms with E-state index < -0.39 is 35.7 Å². The number of benzene rings is 1. The van der Waals surface area contributed by atoms with Crippen molar-refractivity contribution in [2.45, 2.75) is 19.9 Å². The molecule has 1 atom stereocenters. The van der Waals surface area contributed by atoms with Crippen LogP contribution in [0.4, 0.5) is 4.79 Å². The van der Waals surface area contributed by atoms with Gasteiger partial charge in [-0.3, -0.25) is 14.5 Å². The largest absolute Gasteiger partial charge is 0.490 e. The van der Waals surface area contributed by atoms with Gasteiger partial charge in [-0.25, -0.2) is 9.59 Å². The van der Waals surface area contributed by atoms with Crippen molar-refractivity contribution in [1.29, 1.82) is 0 Å². The molecule has 1 aromatic rings. The number of imide groups is 1. The summed E-state index contributed by atoms with van der Waals surface area (Å²) < 4.78 is 15.2. The summed E-state index contributed by atoms with van der Waals surface area (Å²) in [7, 11) is 1.18. The Kier molecular flexibility index (Phi) is 7.05. The fourth-order valence-corrected chi connectivity index (χ4v) is 3.29. The van der Waals surface area contributed by atoms with Gasteiger partial charge in [-0.2, -0.15) is 0 Å². The van der Waals surface area contributed by atoms with Gasteiger partial charge in [0, 0.05) is 0 Å². The molecule has 2 rings (SSSR count). The molecule has 0 aliphatic carbocycles. The number of carboxylic acids is 1. The maximum atomic E-state index is 12.5. The minimum absolute atomic E-state index is 0.141. The van der Waals surface area contributed by atoms with Crippen molar-refractivity contribution in [3.05, 3.63) is 28.7 Å². The number of hydrogen-bond acceptors (Lipinski definition) is 8. The molecule has 1 heterocycles. The predicted octanol–water partition coefficient (Wildman–Crippen LogP) is 2.15. The molecule has 0 spiro atoms. The van der Waals surface area contributed by atoms with Crippen LogP contribution in [0.15, 0.2) is 23.1 Å². The number of nitrogens with zero attached hydrogens (tertiary/aromatic N) is 1. The molecule has 0 bridgehead atoms.